The number of aromatic nitrogens is 2. The fourth-order valence-electron chi connectivity index (χ4n) is 2.48. The number of rotatable bonds is 3. The lowest BCUT2D eigenvalue weighted by atomic mass is 10.1. The molecule has 1 N–H and O–H groups in total. The van der Waals surface area contributed by atoms with Gasteiger partial charge in [0.25, 0.3) is 0 Å². The Morgan fingerprint density at radius 3 is 2.87 bits per heavy atom. The highest BCUT2D eigenvalue weighted by atomic mass is 35.5. The predicted molar refractivity (Wildman–Crippen MR) is 87.7 cm³/mol. The van der Waals surface area contributed by atoms with Crippen molar-refractivity contribution in [2.75, 3.05) is 18.4 Å². The van der Waals surface area contributed by atoms with Gasteiger partial charge in [-0.05, 0) is 43.2 Å². The van der Waals surface area contributed by atoms with Crippen molar-refractivity contribution in [3.8, 4) is 5.88 Å². The third-order valence-corrected chi connectivity index (χ3v) is 3.85. The zero-order chi connectivity index (χ0) is 16.1. The van der Waals surface area contributed by atoms with E-state index in [0.29, 0.717) is 24.0 Å². The van der Waals surface area contributed by atoms with Crippen molar-refractivity contribution in [3.63, 3.8) is 0 Å². The number of nitrogens with one attached hydrogen (secondary N) is 1. The normalized spacial score (nSPS) is 17.6. The molecule has 2 heterocycles. The number of ether oxygens (including phenoxy) is 1. The van der Waals surface area contributed by atoms with Gasteiger partial charge in [0.05, 0.1) is 6.54 Å². The highest BCUT2D eigenvalue weighted by Crippen LogP contribution is 2.18. The van der Waals surface area contributed by atoms with Crippen molar-refractivity contribution < 1.29 is 9.53 Å². The number of carbonyl (C=O) groups excluding carboxylic acids is 1. The maximum Gasteiger partial charge on any atom is 0.321 e. The maximum atomic E-state index is 12.3. The van der Waals surface area contributed by atoms with E-state index in [1.54, 1.807) is 47.5 Å². The number of hydrogen-bond donors (Lipinski definition) is 1. The summed E-state index contributed by atoms with van der Waals surface area (Å²) < 4.78 is 5.79. The van der Waals surface area contributed by atoms with Crippen molar-refractivity contribution in [3.05, 3.63) is 47.6 Å². The first-order valence-electron chi connectivity index (χ1n) is 7.46. The van der Waals surface area contributed by atoms with Gasteiger partial charge in [0.1, 0.15) is 6.10 Å². The number of nitrogens with zero attached hydrogens (tertiary/aromatic N) is 3. The molecule has 23 heavy (non-hydrogen) atoms. The Hall–Kier alpha value is -2.34. The number of urea groups is 1. The zero-order valence-electron chi connectivity index (χ0n) is 12.5. The molecule has 2 amide bonds. The largest absolute Gasteiger partial charge is 0.471 e. The average molecular weight is 333 g/mol. The van der Waals surface area contributed by atoms with Crippen LogP contribution in [0, 0.1) is 0 Å². The summed E-state index contributed by atoms with van der Waals surface area (Å²) in [5, 5.41) is 11.2. The lowest BCUT2D eigenvalue weighted by Crippen LogP contribution is -2.46. The van der Waals surface area contributed by atoms with Gasteiger partial charge in [0.15, 0.2) is 0 Å². The molecule has 1 saturated heterocycles. The number of halogens is 1. The summed E-state index contributed by atoms with van der Waals surface area (Å²) in [7, 11) is 0. The summed E-state index contributed by atoms with van der Waals surface area (Å²) >= 11 is 5.84. The molecule has 0 radical (unpaired) electrons. The van der Waals surface area contributed by atoms with Crippen LogP contribution in [-0.2, 0) is 0 Å². The Morgan fingerprint density at radius 1 is 1.30 bits per heavy atom. The molecule has 1 aliphatic rings. The van der Waals surface area contributed by atoms with Crippen LogP contribution in [0.5, 0.6) is 5.88 Å². The van der Waals surface area contributed by atoms with Crippen LogP contribution in [0.15, 0.2) is 42.6 Å². The molecule has 7 heteroatoms. The Labute approximate surface area is 139 Å². The van der Waals surface area contributed by atoms with E-state index in [2.05, 4.69) is 15.5 Å². The fraction of sp³-hybridized carbons (Fsp3) is 0.312. The number of carbonyl (C=O) groups is 1. The van der Waals surface area contributed by atoms with Crippen LogP contribution >= 0.6 is 11.6 Å². The molecule has 6 nitrogen and oxygen atoms in total. The van der Waals surface area contributed by atoms with Crippen LogP contribution in [-0.4, -0.2) is 40.3 Å². The number of likely N-dealkylation sites (tertiary alicyclic amines) is 1. The minimum absolute atomic E-state index is 0.0728. The highest BCUT2D eigenvalue weighted by Gasteiger charge is 2.25. The lowest BCUT2D eigenvalue weighted by molar-refractivity contribution is 0.102. The summed E-state index contributed by atoms with van der Waals surface area (Å²) in [5.74, 6) is 0.484. The standard InChI is InChI=1S/C16H17ClN4O2/c17-12-5-7-13(8-6-12)19-16(22)21-10-2-3-14(11-21)23-15-4-1-9-18-20-15/h1,4-9,14H,2-3,10-11H2,(H,19,22). The molecule has 2 aromatic rings. The molecule has 0 bridgehead atoms. The quantitative estimate of drug-likeness (QED) is 0.937. The zero-order valence-corrected chi connectivity index (χ0v) is 13.2. The first-order valence-corrected chi connectivity index (χ1v) is 7.84. The van der Waals surface area contributed by atoms with Gasteiger partial charge in [-0.15, -0.1) is 5.10 Å². The number of anilines is 1. The Kier molecular flexibility index (Phi) is 4.92. The second-order valence-corrected chi connectivity index (χ2v) is 5.76. The van der Waals surface area contributed by atoms with Crippen molar-refractivity contribution in [1.29, 1.82) is 0 Å². The smallest absolute Gasteiger partial charge is 0.321 e. The van der Waals surface area contributed by atoms with Crippen molar-refractivity contribution >= 4 is 23.3 Å². The number of benzene rings is 1. The van der Waals surface area contributed by atoms with Gasteiger partial charge in [0.2, 0.25) is 5.88 Å². The minimum Gasteiger partial charge on any atom is -0.471 e. The van der Waals surface area contributed by atoms with Crippen LogP contribution in [0.4, 0.5) is 10.5 Å². The van der Waals surface area contributed by atoms with E-state index in [4.69, 9.17) is 16.3 Å². The summed E-state index contributed by atoms with van der Waals surface area (Å²) in [6.45, 7) is 1.23. The Morgan fingerprint density at radius 2 is 2.13 bits per heavy atom. The van der Waals surface area contributed by atoms with Crippen molar-refractivity contribution in [1.82, 2.24) is 15.1 Å². The molecule has 1 unspecified atom stereocenters. The molecule has 120 valence electrons. The van der Waals surface area contributed by atoms with Crippen LogP contribution < -0.4 is 10.1 Å². The number of amides is 2. The van der Waals surface area contributed by atoms with E-state index in [1.807, 2.05) is 0 Å². The molecular formula is C16H17ClN4O2. The maximum absolute atomic E-state index is 12.3. The topological polar surface area (TPSA) is 67.4 Å². The summed E-state index contributed by atoms with van der Waals surface area (Å²) in [4.78, 5) is 14.1. The monoisotopic (exact) mass is 332 g/mol. The molecule has 1 aromatic heterocycles. The van der Waals surface area contributed by atoms with Crippen LogP contribution in [0.2, 0.25) is 5.02 Å². The summed E-state index contributed by atoms with van der Waals surface area (Å²) in [5.41, 5.74) is 0.719. The fourth-order valence-corrected chi connectivity index (χ4v) is 2.60. The minimum atomic E-state index is -0.139. The first-order chi connectivity index (χ1) is 11.2. The van der Waals surface area contributed by atoms with E-state index in [-0.39, 0.29) is 12.1 Å². The summed E-state index contributed by atoms with van der Waals surface area (Å²) in [6, 6.07) is 10.4. The number of piperidine rings is 1. The SMILES string of the molecule is O=C(Nc1ccc(Cl)cc1)N1CCCC(Oc2cccnn2)C1. The van der Waals surface area contributed by atoms with Gasteiger partial charge in [-0.2, -0.15) is 5.10 Å². The van der Waals surface area contributed by atoms with E-state index in [0.717, 1.165) is 18.5 Å². The number of hydrogen-bond acceptors (Lipinski definition) is 4. The molecule has 3 rings (SSSR count). The second-order valence-electron chi connectivity index (χ2n) is 5.33. The van der Waals surface area contributed by atoms with Crippen LogP contribution in [0.1, 0.15) is 12.8 Å². The lowest BCUT2D eigenvalue weighted by Gasteiger charge is -2.32. The summed E-state index contributed by atoms with van der Waals surface area (Å²) in [6.07, 6.45) is 3.30. The van der Waals surface area contributed by atoms with E-state index in [1.165, 1.54) is 0 Å². The predicted octanol–water partition coefficient (Wildman–Crippen LogP) is 3.21. The van der Waals surface area contributed by atoms with E-state index < -0.39 is 0 Å². The molecule has 0 aliphatic carbocycles. The van der Waals surface area contributed by atoms with Crippen molar-refractivity contribution in [2.24, 2.45) is 0 Å². The molecule has 0 spiro atoms. The van der Waals surface area contributed by atoms with E-state index in [9.17, 15) is 4.79 Å². The molecule has 1 aromatic carbocycles. The van der Waals surface area contributed by atoms with Crippen molar-refractivity contribution in [2.45, 2.75) is 18.9 Å². The molecule has 1 fully saturated rings. The molecule has 1 atom stereocenters. The van der Waals surface area contributed by atoms with E-state index >= 15 is 0 Å². The first kappa shape index (κ1) is 15.6. The van der Waals surface area contributed by atoms with Gasteiger partial charge in [-0.25, -0.2) is 4.79 Å². The van der Waals surface area contributed by atoms with Crippen LogP contribution in [0.3, 0.4) is 0 Å². The Balaban J connectivity index is 1.57. The second kappa shape index (κ2) is 7.28. The third-order valence-electron chi connectivity index (χ3n) is 3.60. The highest BCUT2D eigenvalue weighted by molar-refractivity contribution is 6.30. The Bertz CT molecular complexity index is 651. The molecule has 1 aliphatic heterocycles. The molecule has 0 saturated carbocycles. The molecular weight excluding hydrogens is 316 g/mol. The van der Waals surface area contributed by atoms with Crippen LogP contribution in [0.25, 0.3) is 0 Å². The van der Waals surface area contributed by atoms with Gasteiger partial charge in [-0.1, -0.05) is 11.6 Å². The van der Waals surface area contributed by atoms with Gasteiger partial charge in [-0.3, -0.25) is 0 Å². The van der Waals surface area contributed by atoms with Gasteiger partial charge >= 0.3 is 6.03 Å². The van der Waals surface area contributed by atoms with Gasteiger partial charge < -0.3 is 15.0 Å². The third kappa shape index (κ3) is 4.32. The average Bonchev–Trinajstić information content (AvgIpc) is 2.58. The van der Waals surface area contributed by atoms with Gasteiger partial charge in [0, 0.05) is 29.5 Å².